The van der Waals surface area contributed by atoms with Crippen LogP contribution in [0, 0.1) is 18.3 Å². The lowest BCUT2D eigenvalue weighted by molar-refractivity contribution is -0.143. The molecule has 1 fully saturated rings. The summed E-state index contributed by atoms with van der Waals surface area (Å²) < 4.78 is 0. The summed E-state index contributed by atoms with van der Waals surface area (Å²) in [5.74, 6) is -0.282. The van der Waals surface area contributed by atoms with Crippen molar-refractivity contribution < 1.29 is 24.0 Å². The SMILES string of the molecule is C#CCCC(NC(=O)C1CCCN1C(=O)C(NC(=O)NC)C1Cc2ccccc2C1)C(=O)C(=O)NCC=C. The van der Waals surface area contributed by atoms with Gasteiger partial charge in [0.2, 0.25) is 17.6 Å². The Hall–Kier alpha value is -4.13. The third-order valence-electron chi connectivity index (χ3n) is 7.01. The molecule has 0 saturated carbocycles. The van der Waals surface area contributed by atoms with Crippen LogP contribution in [0.4, 0.5) is 4.79 Å². The number of carbonyl (C=O) groups is 5. The van der Waals surface area contributed by atoms with Crippen molar-refractivity contribution in [1.29, 1.82) is 0 Å². The Labute approximate surface area is 223 Å². The average Bonchev–Trinajstić information content (AvgIpc) is 3.59. The van der Waals surface area contributed by atoms with Crippen LogP contribution in [0.3, 0.4) is 0 Å². The second-order valence-electron chi connectivity index (χ2n) is 9.49. The van der Waals surface area contributed by atoms with Gasteiger partial charge in [-0.1, -0.05) is 30.3 Å². The minimum atomic E-state index is -1.12. The van der Waals surface area contributed by atoms with E-state index in [2.05, 4.69) is 33.8 Å². The first kappa shape index (κ1) is 28.4. The molecule has 0 bridgehead atoms. The number of nitrogens with one attached hydrogen (secondary N) is 4. The fraction of sp³-hybridized carbons (Fsp3) is 0.464. The number of ketones is 1. The summed E-state index contributed by atoms with van der Waals surface area (Å²) in [7, 11) is 1.48. The van der Waals surface area contributed by atoms with Crippen molar-refractivity contribution in [2.45, 2.75) is 56.7 Å². The molecule has 1 aromatic carbocycles. The first-order chi connectivity index (χ1) is 18.3. The van der Waals surface area contributed by atoms with Crippen molar-refractivity contribution in [1.82, 2.24) is 26.2 Å². The maximum atomic E-state index is 13.8. The van der Waals surface area contributed by atoms with Gasteiger partial charge in [0.15, 0.2) is 0 Å². The number of terminal acetylenes is 1. The monoisotopic (exact) mass is 521 g/mol. The summed E-state index contributed by atoms with van der Waals surface area (Å²) in [4.78, 5) is 65.8. The molecule has 1 aliphatic heterocycles. The number of benzene rings is 1. The molecule has 0 radical (unpaired) electrons. The van der Waals surface area contributed by atoms with Crippen molar-refractivity contribution in [3.63, 3.8) is 0 Å². The van der Waals surface area contributed by atoms with Gasteiger partial charge in [0.25, 0.3) is 5.91 Å². The van der Waals surface area contributed by atoms with Gasteiger partial charge in [0.1, 0.15) is 12.1 Å². The van der Waals surface area contributed by atoms with Crippen molar-refractivity contribution in [2.24, 2.45) is 5.92 Å². The van der Waals surface area contributed by atoms with E-state index in [9.17, 15) is 24.0 Å². The smallest absolute Gasteiger partial charge is 0.315 e. The van der Waals surface area contributed by atoms with Crippen molar-refractivity contribution >= 4 is 29.5 Å². The third kappa shape index (κ3) is 6.79. The van der Waals surface area contributed by atoms with Gasteiger partial charge in [-0.3, -0.25) is 19.2 Å². The highest BCUT2D eigenvalue weighted by molar-refractivity contribution is 6.38. The Morgan fingerprint density at radius 3 is 2.45 bits per heavy atom. The highest BCUT2D eigenvalue weighted by Gasteiger charge is 2.42. The maximum Gasteiger partial charge on any atom is 0.315 e. The van der Waals surface area contributed by atoms with Crippen LogP contribution in [0.2, 0.25) is 0 Å². The van der Waals surface area contributed by atoms with Crippen LogP contribution in [0.5, 0.6) is 0 Å². The Bertz CT molecular complexity index is 1100. The molecule has 0 aromatic heterocycles. The lowest BCUT2D eigenvalue weighted by Crippen LogP contribution is -2.58. The van der Waals surface area contributed by atoms with Crippen LogP contribution in [-0.4, -0.2) is 72.7 Å². The summed E-state index contributed by atoms with van der Waals surface area (Å²) >= 11 is 0. The maximum absolute atomic E-state index is 13.8. The highest BCUT2D eigenvalue weighted by Crippen LogP contribution is 2.31. The topological polar surface area (TPSA) is 137 Å². The fourth-order valence-electron chi connectivity index (χ4n) is 5.08. The average molecular weight is 522 g/mol. The van der Waals surface area contributed by atoms with Gasteiger partial charge in [0.05, 0.1) is 6.04 Å². The van der Waals surface area contributed by atoms with Gasteiger partial charge in [-0.25, -0.2) is 4.79 Å². The molecule has 38 heavy (non-hydrogen) atoms. The zero-order valence-corrected chi connectivity index (χ0v) is 21.6. The van der Waals surface area contributed by atoms with E-state index in [0.717, 1.165) is 11.1 Å². The number of likely N-dealkylation sites (tertiary alicyclic amines) is 1. The van der Waals surface area contributed by atoms with Crippen LogP contribution < -0.4 is 21.3 Å². The van der Waals surface area contributed by atoms with E-state index in [-0.39, 0.29) is 31.2 Å². The molecule has 10 nitrogen and oxygen atoms in total. The normalized spacial score (nSPS) is 17.9. The number of fused-ring (bicyclic) bond motifs is 1. The number of hydrogen-bond donors (Lipinski definition) is 4. The molecule has 3 atom stereocenters. The van der Waals surface area contributed by atoms with Gasteiger partial charge in [0, 0.05) is 26.6 Å². The molecule has 3 unspecified atom stereocenters. The molecule has 4 N–H and O–H groups in total. The fourth-order valence-corrected chi connectivity index (χ4v) is 5.08. The predicted molar refractivity (Wildman–Crippen MR) is 142 cm³/mol. The van der Waals surface area contributed by atoms with Gasteiger partial charge < -0.3 is 26.2 Å². The summed E-state index contributed by atoms with van der Waals surface area (Å²) in [5.41, 5.74) is 2.27. The highest BCUT2D eigenvalue weighted by atomic mass is 16.2. The van der Waals surface area contributed by atoms with E-state index < -0.39 is 41.8 Å². The Morgan fingerprint density at radius 1 is 1.16 bits per heavy atom. The molecule has 1 aliphatic carbocycles. The Morgan fingerprint density at radius 2 is 1.84 bits per heavy atom. The Balaban J connectivity index is 1.76. The first-order valence-electron chi connectivity index (χ1n) is 12.8. The van der Waals surface area contributed by atoms with E-state index in [0.29, 0.717) is 32.2 Å². The van der Waals surface area contributed by atoms with Crippen LogP contribution in [0.1, 0.15) is 36.8 Å². The number of urea groups is 1. The molecule has 3 rings (SSSR count). The molecular weight excluding hydrogens is 486 g/mol. The third-order valence-corrected chi connectivity index (χ3v) is 7.01. The molecule has 1 heterocycles. The standard InChI is InChI=1S/C28H35N5O5/c1-4-6-12-21(24(34)26(36)30-14-5-2)31-25(35)22-13-9-15-33(22)27(37)23(32-28(38)29-3)20-16-18-10-7-8-11-19(18)17-20/h1,5,7-8,10-11,20-23H,2,6,9,12-17H2,3H3,(H,30,36)(H,31,35)(H2,29,32,38). The van der Waals surface area contributed by atoms with E-state index in [1.165, 1.54) is 18.0 Å². The van der Waals surface area contributed by atoms with Gasteiger partial charge >= 0.3 is 6.03 Å². The summed E-state index contributed by atoms with van der Waals surface area (Å²) in [6.07, 6.45) is 9.29. The van der Waals surface area contributed by atoms with Gasteiger partial charge in [-0.15, -0.1) is 18.9 Å². The molecular formula is C28H35N5O5. The Kier molecular flexibility index (Phi) is 10.0. The summed E-state index contributed by atoms with van der Waals surface area (Å²) in [6.45, 7) is 3.95. The van der Waals surface area contributed by atoms with E-state index in [1.807, 2.05) is 24.3 Å². The number of carbonyl (C=O) groups excluding carboxylic acids is 5. The number of rotatable bonds is 11. The first-order valence-corrected chi connectivity index (χ1v) is 12.8. The summed E-state index contributed by atoms with van der Waals surface area (Å²) in [5, 5.41) is 10.4. The second-order valence-corrected chi connectivity index (χ2v) is 9.49. The molecule has 2 aliphatic rings. The van der Waals surface area contributed by atoms with Crippen LogP contribution in [0.25, 0.3) is 0 Å². The zero-order chi connectivity index (χ0) is 27.7. The summed E-state index contributed by atoms with van der Waals surface area (Å²) in [6, 6.07) is 4.65. The quantitative estimate of drug-likeness (QED) is 0.191. The number of amides is 5. The van der Waals surface area contributed by atoms with E-state index in [1.54, 1.807) is 0 Å². The lowest BCUT2D eigenvalue weighted by atomic mass is 9.95. The second kappa shape index (κ2) is 13.4. The van der Waals surface area contributed by atoms with Gasteiger partial charge in [-0.2, -0.15) is 0 Å². The van der Waals surface area contributed by atoms with Gasteiger partial charge in [-0.05, 0) is 49.1 Å². The van der Waals surface area contributed by atoms with Crippen molar-refractivity contribution in [2.75, 3.05) is 20.1 Å². The minimum Gasteiger partial charge on any atom is -0.346 e. The van der Waals surface area contributed by atoms with Crippen LogP contribution >= 0.6 is 0 Å². The van der Waals surface area contributed by atoms with Crippen LogP contribution in [0.15, 0.2) is 36.9 Å². The number of Topliss-reactive ketones (excluding diaryl/α,β-unsaturated/α-hetero) is 1. The van der Waals surface area contributed by atoms with E-state index >= 15 is 0 Å². The lowest BCUT2D eigenvalue weighted by Gasteiger charge is -2.32. The van der Waals surface area contributed by atoms with E-state index in [4.69, 9.17) is 6.42 Å². The molecule has 1 saturated heterocycles. The molecule has 10 heteroatoms. The molecule has 0 spiro atoms. The predicted octanol–water partition coefficient (Wildman–Crippen LogP) is 0.460. The van der Waals surface area contributed by atoms with Crippen molar-refractivity contribution in [3.05, 3.63) is 48.0 Å². The zero-order valence-electron chi connectivity index (χ0n) is 21.6. The number of hydrogen-bond acceptors (Lipinski definition) is 5. The number of nitrogens with zero attached hydrogens (tertiary/aromatic N) is 1. The molecule has 1 aromatic rings. The largest absolute Gasteiger partial charge is 0.346 e. The van der Waals surface area contributed by atoms with Crippen molar-refractivity contribution in [3.8, 4) is 12.3 Å². The minimum absolute atomic E-state index is 0.0877. The van der Waals surface area contributed by atoms with Crippen LogP contribution in [-0.2, 0) is 32.0 Å². The molecule has 202 valence electrons. The molecule has 5 amide bonds.